The van der Waals surface area contributed by atoms with Crippen molar-refractivity contribution in [2.24, 2.45) is 4.99 Å². The average Bonchev–Trinajstić information content (AvgIpc) is 2.84. The highest BCUT2D eigenvalue weighted by atomic mass is 79.9. The van der Waals surface area contributed by atoms with Gasteiger partial charge in [-0.3, -0.25) is 0 Å². The summed E-state index contributed by atoms with van der Waals surface area (Å²) in [5.41, 5.74) is 3.69. The molecule has 3 N–H and O–H groups in total. The number of aliphatic imine (C=N–C) groups is 1. The highest BCUT2D eigenvalue weighted by Crippen LogP contribution is 2.31. The Morgan fingerprint density at radius 1 is 1.06 bits per heavy atom. The quantitative estimate of drug-likeness (QED) is 0.314. The minimum atomic E-state index is -0.660. The molecule has 0 aromatic heterocycles. The molecule has 0 fully saturated rings. The standard InChI is InChI=1S/C25H24F2N4.CH3Br/c1-3-13-28-23-20(14-18(26)15-21(23)27)16(2)29-25-19-11-7-8-12-22(19)30-24(31-25)17-9-5-4-6-10-17;1-2/h4-12,14-15,24,28,30H,2-3,13H2,1H3,(H,29,31);1H3. The fraction of sp³-hybridized carbons (Fsp3) is 0.192. The van der Waals surface area contributed by atoms with Crippen LogP contribution in [0.2, 0.25) is 0 Å². The number of fused-ring (bicyclic) bond motifs is 1. The van der Waals surface area contributed by atoms with Gasteiger partial charge in [-0.25, -0.2) is 13.8 Å². The van der Waals surface area contributed by atoms with Crippen LogP contribution in [0.25, 0.3) is 5.70 Å². The number of rotatable bonds is 6. The molecule has 1 aliphatic rings. The summed E-state index contributed by atoms with van der Waals surface area (Å²) in [4.78, 5) is 4.82. The second-order valence-corrected chi connectivity index (χ2v) is 7.32. The van der Waals surface area contributed by atoms with Crippen molar-refractivity contribution in [3.63, 3.8) is 0 Å². The number of alkyl halides is 1. The monoisotopic (exact) mass is 512 g/mol. The largest absolute Gasteiger partial charge is 0.382 e. The van der Waals surface area contributed by atoms with Crippen LogP contribution in [0.1, 0.15) is 36.2 Å². The zero-order chi connectivity index (χ0) is 23.8. The smallest absolute Gasteiger partial charge is 0.149 e. The van der Waals surface area contributed by atoms with Crippen LogP contribution in [0.15, 0.2) is 78.3 Å². The predicted molar refractivity (Wildman–Crippen MR) is 138 cm³/mol. The summed E-state index contributed by atoms with van der Waals surface area (Å²) in [7, 11) is 0. The lowest BCUT2D eigenvalue weighted by Crippen LogP contribution is -2.30. The van der Waals surface area contributed by atoms with Gasteiger partial charge in [0.25, 0.3) is 0 Å². The molecule has 172 valence electrons. The highest BCUT2D eigenvalue weighted by Gasteiger charge is 2.23. The number of para-hydroxylation sites is 1. The molecule has 0 radical (unpaired) electrons. The maximum atomic E-state index is 14.5. The normalized spacial score (nSPS) is 14.1. The lowest BCUT2D eigenvalue weighted by atomic mass is 10.0. The first-order valence-corrected chi connectivity index (χ1v) is 12.2. The van der Waals surface area contributed by atoms with Crippen molar-refractivity contribution in [3.8, 4) is 0 Å². The second-order valence-electron chi connectivity index (χ2n) is 7.32. The summed E-state index contributed by atoms with van der Waals surface area (Å²) in [6, 6.07) is 19.8. The topological polar surface area (TPSA) is 48.5 Å². The first-order valence-electron chi connectivity index (χ1n) is 10.6. The maximum absolute atomic E-state index is 14.5. The van der Waals surface area contributed by atoms with Crippen LogP contribution in [-0.2, 0) is 0 Å². The molecule has 0 spiro atoms. The molecule has 1 aliphatic heterocycles. The van der Waals surface area contributed by atoms with Gasteiger partial charge < -0.3 is 16.0 Å². The third kappa shape index (κ3) is 5.79. The molecule has 3 aromatic rings. The van der Waals surface area contributed by atoms with E-state index in [0.29, 0.717) is 23.6 Å². The average molecular weight is 513 g/mol. The number of hydrogen-bond donors (Lipinski definition) is 3. The Morgan fingerprint density at radius 3 is 2.48 bits per heavy atom. The Labute approximate surface area is 202 Å². The fourth-order valence-corrected chi connectivity index (χ4v) is 3.54. The van der Waals surface area contributed by atoms with Gasteiger partial charge in [-0.2, -0.15) is 0 Å². The van der Waals surface area contributed by atoms with Gasteiger partial charge in [-0.05, 0) is 36.0 Å². The van der Waals surface area contributed by atoms with Crippen LogP contribution in [0.5, 0.6) is 0 Å². The number of anilines is 2. The fourth-order valence-electron chi connectivity index (χ4n) is 3.54. The van der Waals surface area contributed by atoms with Gasteiger partial charge in [-0.1, -0.05) is 71.9 Å². The number of hydrogen-bond acceptors (Lipinski definition) is 4. The van der Waals surface area contributed by atoms with E-state index in [0.717, 1.165) is 29.3 Å². The second kappa shape index (κ2) is 11.6. The van der Waals surface area contributed by atoms with Crippen LogP contribution in [0.3, 0.4) is 0 Å². The van der Waals surface area contributed by atoms with Crippen molar-refractivity contribution >= 4 is 38.8 Å². The first kappa shape index (κ1) is 24.5. The minimum absolute atomic E-state index is 0.225. The van der Waals surface area contributed by atoms with E-state index in [1.807, 2.05) is 67.4 Å². The molecule has 0 bridgehead atoms. The molecular formula is C26H27BrF2N4. The third-order valence-electron chi connectivity index (χ3n) is 5.05. The SMILES string of the molecule is C=C(NC1=NC(c2ccccc2)Nc2ccccc21)c1cc(F)cc(F)c1NCCC.CBr. The Balaban J connectivity index is 0.00000149. The number of halogens is 3. The van der Waals surface area contributed by atoms with E-state index in [-0.39, 0.29) is 11.9 Å². The van der Waals surface area contributed by atoms with E-state index in [1.54, 1.807) is 0 Å². The molecule has 1 atom stereocenters. The van der Waals surface area contributed by atoms with Crippen molar-refractivity contribution in [2.45, 2.75) is 19.5 Å². The van der Waals surface area contributed by atoms with Crippen molar-refractivity contribution in [3.05, 3.63) is 102 Å². The van der Waals surface area contributed by atoms with Crippen LogP contribution < -0.4 is 16.0 Å². The molecule has 0 saturated carbocycles. The van der Waals surface area contributed by atoms with Gasteiger partial charge in [0.2, 0.25) is 0 Å². The zero-order valence-electron chi connectivity index (χ0n) is 18.6. The summed E-state index contributed by atoms with van der Waals surface area (Å²) >= 11 is 2.94. The molecule has 0 aliphatic carbocycles. The molecule has 4 rings (SSSR count). The number of nitrogens with one attached hydrogen (secondary N) is 3. The molecule has 3 aromatic carbocycles. The molecule has 0 amide bonds. The first-order chi connectivity index (χ1) is 16.1. The van der Waals surface area contributed by atoms with Crippen molar-refractivity contribution in [1.29, 1.82) is 0 Å². The summed E-state index contributed by atoms with van der Waals surface area (Å²) in [6.07, 6.45) is 0.508. The number of amidine groups is 1. The highest BCUT2D eigenvalue weighted by molar-refractivity contribution is 9.08. The summed E-state index contributed by atoms with van der Waals surface area (Å²) in [6.45, 7) is 6.59. The third-order valence-corrected chi connectivity index (χ3v) is 5.05. The summed E-state index contributed by atoms with van der Waals surface area (Å²) < 4.78 is 28.5. The van der Waals surface area contributed by atoms with E-state index in [2.05, 4.69) is 38.5 Å². The maximum Gasteiger partial charge on any atom is 0.149 e. The Kier molecular flexibility index (Phi) is 8.60. The number of benzene rings is 3. The van der Waals surface area contributed by atoms with Crippen LogP contribution >= 0.6 is 15.9 Å². The molecule has 4 nitrogen and oxygen atoms in total. The molecule has 7 heteroatoms. The van der Waals surface area contributed by atoms with Gasteiger partial charge in [-0.15, -0.1) is 0 Å². The van der Waals surface area contributed by atoms with Crippen molar-refractivity contribution in [1.82, 2.24) is 5.32 Å². The molecule has 1 heterocycles. The van der Waals surface area contributed by atoms with Gasteiger partial charge in [0, 0.05) is 35.1 Å². The van der Waals surface area contributed by atoms with Crippen LogP contribution in [-0.4, -0.2) is 18.2 Å². The van der Waals surface area contributed by atoms with Crippen molar-refractivity contribution in [2.75, 3.05) is 23.0 Å². The Bertz CT molecular complexity index is 1130. The minimum Gasteiger partial charge on any atom is -0.382 e. The van der Waals surface area contributed by atoms with Crippen LogP contribution in [0, 0.1) is 11.6 Å². The predicted octanol–water partition coefficient (Wildman–Crippen LogP) is 6.93. The van der Waals surface area contributed by atoms with E-state index < -0.39 is 11.6 Å². The molecule has 0 saturated heterocycles. The Morgan fingerprint density at radius 2 is 1.76 bits per heavy atom. The van der Waals surface area contributed by atoms with E-state index >= 15 is 0 Å². The zero-order valence-corrected chi connectivity index (χ0v) is 20.2. The van der Waals surface area contributed by atoms with Crippen LogP contribution in [0.4, 0.5) is 20.2 Å². The lowest BCUT2D eigenvalue weighted by molar-refractivity contribution is 0.584. The van der Waals surface area contributed by atoms with Gasteiger partial charge >= 0.3 is 0 Å². The van der Waals surface area contributed by atoms with Gasteiger partial charge in [0.05, 0.1) is 5.69 Å². The van der Waals surface area contributed by atoms with E-state index in [1.165, 1.54) is 6.07 Å². The molecule has 33 heavy (non-hydrogen) atoms. The summed E-state index contributed by atoms with van der Waals surface area (Å²) in [5, 5.41) is 9.66. The van der Waals surface area contributed by atoms with Gasteiger partial charge in [0.15, 0.2) is 0 Å². The Hall–Kier alpha value is -3.19. The van der Waals surface area contributed by atoms with Crippen molar-refractivity contribution < 1.29 is 8.78 Å². The molecular weight excluding hydrogens is 486 g/mol. The van der Waals surface area contributed by atoms with E-state index in [4.69, 9.17) is 4.99 Å². The lowest BCUT2D eigenvalue weighted by Gasteiger charge is -2.27. The van der Waals surface area contributed by atoms with E-state index in [9.17, 15) is 8.78 Å². The summed E-state index contributed by atoms with van der Waals surface area (Å²) in [5.74, 6) is 1.08. The van der Waals surface area contributed by atoms with Gasteiger partial charge in [0.1, 0.15) is 23.6 Å². The molecule has 1 unspecified atom stereocenters. The number of nitrogens with zero attached hydrogens (tertiary/aromatic N) is 1.